The maximum absolute atomic E-state index is 13.1. The number of aryl methyl sites for hydroxylation is 1. The number of anilines is 1. The summed E-state index contributed by atoms with van der Waals surface area (Å²) in [6.45, 7) is 3.68. The highest BCUT2D eigenvalue weighted by Crippen LogP contribution is 2.39. The van der Waals surface area contributed by atoms with E-state index in [1.165, 1.54) is 11.3 Å². The van der Waals surface area contributed by atoms with Crippen molar-refractivity contribution < 1.29 is 18.3 Å². The van der Waals surface area contributed by atoms with Crippen LogP contribution >= 0.6 is 22.9 Å². The summed E-state index contributed by atoms with van der Waals surface area (Å²) in [5, 5.41) is 10.6. The van der Waals surface area contributed by atoms with E-state index in [9.17, 15) is 18.3 Å². The average Bonchev–Trinajstić information content (AvgIpc) is 3.12. The lowest BCUT2D eigenvalue weighted by molar-refractivity contribution is -0.135. The van der Waals surface area contributed by atoms with Crippen LogP contribution in [0.15, 0.2) is 46.2 Å². The zero-order chi connectivity index (χ0) is 20.9. The van der Waals surface area contributed by atoms with E-state index in [2.05, 4.69) is 4.72 Å². The molecular weight excluding hydrogens is 430 g/mol. The number of nitrogens with one attached hydrogen (secondary N) is 1. The maximum Gasteiger partial charge on any atom is 0.307 e. The molecule has 1 heterocycles. The van der Waals surface area contributed by atoms with E-state index in [4.69, 9.17) is 11.6 Å². The molecule has 1 aliphatic carbocycles. The number of benzene rings is 2. The van der Waals surface area contributed by atoms with Gasteiger partial charge in [0.25, 0.3) is 10.0 Å². The lowest BCUT2D eigenvalue weighted by Crippen LogP contribution is -2.12. The first-order chi connectivity index (χ1) is 13.7. The van der Waals surface area contributed by atoms with Gasteiger partial charge in [-0.05, 0) is 78.2 Å². The second kappa shape index (κ2) is 7.16. The molecule has 2 N–H and O–H groups in total. The fourth-order valence-corrected chi connectivity index (χ4v) is 6.69. The lowest BCUT2D eigenvalue weighted by atomic mass is 10.0. The van der Waals surface area contributed by atoms with Gasteiger partial charge in [0.1, 0.15) is 4.21 Å². The van der Waals surface area contributed by atoms with Crippen LogP contribution in [0.4, 0.5) is 5.69 Å². The molecule has 5 nitrogen and oxygen atoms in total. The summed E-state index contributed by atoms with van der Waals surface area (Å²) in [4.78, 5) is 11.2. The Balaban J connectivity index is 1.71. The molecule has 1 aliphatic rings. The number of hydrogen-bond acceptors (Lipinski definition) is 4. The highest BCUT2D eigenvalue weighted by Gasteiger charge is 2.25. The number of fused-ring (bicyclic) bond motifs is 2. The Hall–Kier alpha value is -2.35. The molecule has 0 bridgehead atoms. The van der Waals surface area contributed by atoms with Gasteiger partial charge in [0, 0.05) is 15.4 Å². The SMILES string of the molecule is CC1=C(CC(=O)O)c2cc(NS(=O)(=O)c3sc4ccc(Cl)cc4c3C)ccc2C1. The average molecular weight is 448 g/mol. The fourth-order valence-electron chi connectivity index (χ4n) is 3.72. The number of allylic oxidation sites excluding steroid dienone is 1. The van der Waals surface area contributed by atoms with Gasteiger partial charge in [0.15, 0.2) is 0 Å². The van der Waals surface area contributed by atoms with Crippen LogP contribution in [0.2, 0.25) is 5.02 Å². The van der Waals surface area contributed by atoms with Crippen molar-refractivity contribution in [2.75, 3.05) is 4.72 Å². The van der Waals surface area contributed by atoms with Crippen molar-refractivity contribution in [3.63, 3.8) is 0 Å². The van der Waals surface area contributed by atoms with Gasteiger partial charge in [0.05, 0.1) is 6.42 Å². The normalized spacial score (nSPS) is 13.8. The second-order valence-corrected chi connectivity index (χ2v) is 10.5. The number of hydrogen-bond donors (Lipinski definition) is 2. The summed E-state index contributed by atoms with van der Waals surface area (Å²) in [6.07, 6.45) is 0.604. The zero-order valence-corrected chi connectivity index (χ0v) is 18.1. The molecule has 4 rings (SSSR count). The Kier molecular flexibility index (Phi) is 4.93. The molecule has 0 spiro atoms. The van der Waals surface area contributed by atoms with E-state index < -0.39 is 16.0 Å². The van der Waals surface area contributed by atoms with Crippen molar-refractivity contribution in [1.29, 1.82) is 0 Å². The lowest BCUT2D eigenvalue weighted by Gasteiger charge is -2.11. The van der Waals surface area contributed by atoms with Crippen molar-refractivity contribution in [2.45, 2.75) is 30.9 Å². The quantitative estimate of drug-likeness (QED) is 0.543. The molecular formula is C21H18ClNO4S2. The van der Waals surface area contributed by atoms with Crippen molar-refractivity contribution in [3.8, 4) is 0 Å². The molecule has 8 heteroatoms. The Bertz CT molecular complexity index is 1310. The summed E-state index contributed by atoms with van der Waals surface area (Å²) < 4.78 is 29.9. The summed E-state index contributed by atoms with van der Waals surface area (Å²) in [7, 11) is -3.80. The van der Waals surface area contributed by atoms with Gasteiger partial charge in [-0.1, -0.05) is 23.2 Å². The first-order valence-corrected chi connectivity index (χ1v) is 11.6. The van der Waals surface area contributed by atoms with E-state index in [1.807, 2.05) is 19.1 Å². The van der Waals surface area contributed by atoms with Gasteiger partial charge in [-0.15, -0.1) is 11.3 Å². The van der Waals surface area contributed by atoms with Gasteiger partial charge in [0.2, 0.25) is 0 Å². The number of carbonyl (C=O) groups is 1. The fraction of sp³-hybridized carbons (Fsp3) is 0.190. The molecule has 0 saturated heterocycles. The number of aliphatic carboxylic acids is 1. The zero-order valence-electron chi connectivity index (χ0n) is 15.7. The van der Waals surface area contributed by atoms with Crippen molar-refractivity contribution in [1.82, 2.24) is 0 Å². The third-order valence-electron chi connectivity index (χ3n) is 5.08. The predicted molar refractivity (Wildman–Crippen MR) is 117 cm³/mol. The summed E-state index contributed by atoms with van der Waals surface area (Å²) in [5.41, 5.74) is 4.62. The molecule has 0 fully saturated rings. The van der Waals surface area contributed by atoms with Crippen LogP contribution in [0, 0.1) is 6.92 Å². The van der Waals surface area contributed by atoms with Crippen LogP contribution in [-0.2, 0) is 21.2 Å². The Labute approximate surface area is 177 Å². The Morgan fingerprint density at radius 3 is 2.69 bits per heavy atom. The van der Waals surface area contributed by atoms with E-state index in [1.54, 1.807) is 31.2 Å². The third-order valence-corrected chi connectivity index (χ3v) is 8.59. The molecule has 0 amide bonds. The van der Waals surface area contributed by atoms with Gasteiger partial charge in [-0.2, -0.15) is 0 Å². The second-order valence-electron chi connectivity index (χ2n) is 7.14. The maximum atomic E-state index is 13.1. The first kappa shape index (κ1) is 19.9. The number of thiophene rings is 1. The summed E-state index contributed by atoms with van der Waals surface area (Å²) in [5.74, 6) is -0.905. The van der Waals surface area contributed by atoms with Crippen molar-refractivity contribution in [3.05, 3.63) is 63.7 Å². The Morgan fingerprint density at radius 2 is 1.97 bits per heavy atom. The first-order valence-electron chi connectivity index (χ1n) is 8.91. The molecule has 0 atom stereocenters. The Morgan fingerprint density at radius 1 is 1.21 bits per heavy atom. The van der Waals surface area contributed by atoms with Crippen LogP contribution < -0.4 is 4.72 Å². The molecule has 1 aromatic heterocycles. The summed E-state index contributed by atoms with van der Waals surface area (Å²) in [6, 6.07) is 10.6. The van der Waals surface area contributed by atoms with Crippen molar-refractivity contribution in [2.24, 2.45) is 0 Å². The highest BCUT2D eigenvalue weighted by molar-refractivity contribution is 7.94. The van der Waals surface area contributed by atoms with Crippen LogP contribution in [0.5, 0.6) is 0 Å². The molecule has 0 radical (unpaired) electrons. The van der Waals surface area contributed by atoms with E-state index in [0.29, 0.717) is 22.7 Å². The minimum absolute atomic E-state index is 0.0782. The minimum Gasteiger partial charge on any atom is -0.481 e. The van der Waals surface area contributed by atoms with Crippen LogP contribution in [0.1, 0.15) is 30.0 Å². The topological polar surface area (TPSA) is 83.5 Å². The minimum atomic E-state index is -3.80. The van der Waals surface area contributed by atoms with E-state index in [0.717, 1.165) is 32.4 Å². The molecule has 0 aliphatic heterocycles. The van der Waals surface area contributed by atoms with E-state index in [-0.39, 0.29) is 10.6 Å². The van der Waals surface area contributed by atoms with E-state index >= 15 is 0 Å². The summed E-state index contributed by atoms with van der Waals surface area (Å²) >= 11 is 7.25. The van der Waals surface area contributed by atoms with Gasteiger partial charge in [-0.3, -0.25) is 9.52 Å². The van der Waals surface area contributed by atoms with Gasteiger partial charge >= 0.3 is 5.97 Å². The largest absolute Gasteiger partial charge is 0.481 e. The third kappa shape index (κ3) is 3.66. The monoisotopic (exact) mass is 447 g/mol. The van der Waals surface area contributed by atoms with Crippen molar-refractivity contribution >= 4 is 60.3 Å². The van der Waals surface area contributed by atoms with Crippen LogP contribution in [0.25, 0.3) is 15.7 Å². The number of carboxylic acid groups (broad SMARTS) is 1. The smallest absolute Gasteiger partial charge is 0.307 e. The van der Waals surface area contributed by atoms with Gasteiger partial charge < -0.3 is 5.11 Å². The van der Waals surface area contributed by atoms with Crippen LogP contribution in [-0.4, -0.2) is 19.5 Å². The standard InChI is InChI=1S/C21H18ClNO4S2/c1-11-7-13-3-5-15(9-18(13)16(11)10-20(24)25)23-29(26,27)21-12(2)17-8-14(22)4-6-19(17)28-21/h3-6,8-9,23H,7,10H2,1-2H3,(H,24,25). The predicted octanol–water partition coefficient (Wildman–Crippen LogP) is 5.47. The number of carboxylic acids is 1. The molecule has 0 saturated carbocycles. The molecule has 2 aromatic carbocycles. The van der Waals surface area contributed by atoms with Crippen LogP contribution in [0.3, 0.4) is 0 Å². The molecule has 0 unspecified atom stereocenters. The van der Waals surface area contributed by atoms with Gasteiger partial charge in [-0.25, -0.2) is 8.42 Å². The highest BCUT2D eigenvalue weighted by atomic mass is 35.5. The number of sulfonamides is 1. The number of halogens is 1. The molecule has 29 heavy (non-hydrogen) atoms. The molecule has 150 valence electrons. The molecule has 3 aromatic rings. The number of rotatable bonds is 5.